The molecule has 4 aromatic heterocycles. The quantitative estimate of drug-likeness (QED) is 0.0409. The first-order valence-corrected chi connectivity index (χ1v) is 32.9. The second-order valence-corrected chi connectivity index (χ2v) is 26.2. The van der Waals surface area contributed by atoms with Crippen LogP contribution in [0, 0.1) is 11.3 Å². The summed E-state index contributed by atoms with van der Waals surface area (Å²) in [6, 6.07) is 47.2. The van der Waals surface area contributed by atoms with E-state index in [0.717, 1.165) is 102 Å². The minimum Gasteiger partial charge on any atom is -0.480 e. The number of rotatable bonds is 26. The number of carboxylic acids is 2. The number of carboxylic acid groups (broad SMARTS) is 2. The molecule has 0 amide bonds. The number of thiazole rings is 1. The number of benzene rings is 4. The number of nitriles is 1. The molecule has 0 radical (unpaired) electrons. The maximum Gasteiger partial charge on any atom is 0.349 e. The van der Waals surface area contributed by atoms with Crippen molar-refractivity contribution >= 4 is 92.0 Å². The number of thiophene rings is 3. The summed E-state index contributed by atoms with van der Waals surface area (Å²) in [4.78, 5) is 47.9. The first kappa shape index (κ1) is 58.3. The number of aliphatic carboxylic acids is 2. The molecular weight excluding hydrogens is 1090 g/mol. The average Bonchev–Trinajstić information content (AvgIpc) is 4.56. The van der Waals surface area contributed by atoms with E-state index in [-0.39, 0.29) is 9.20 Å². The number of nitrogens with zero attached hydrogens (tertiary/aromatic N) is 3. The van der Waals surface area contributed by atoms with Crippen molar-refractivity contribution in [3.8, 4) is 36.0 Å². The zero-order valence-electron chi connectivity index (χ0n) is 47.4. The summed E-state index contributed by atoms with van der Waals surface area (Å²) >= 11 is 6.33. The van der Waals surface area contributed by atoms with E-state index >= 15 is 0 Å². The van der Waals surface area contributed by atoms with Gasteiger partial charge >= 0.3 is 11.9 Å². The monoisotopic (exact) mass is 1160 g/mol. The number of carbonyl (C=O) groups is 2. The molecule has 1 aliphatic carbocycles. The maximum atomic E-state index is 13.9. The second-order valence-electron chi connectivity index (χ2n) is 22.0. The molecule has 10 rings (SSSR count). The Morgan fingerprint density at radius 1 is 0.646 bits per heavy atom. The third-order valence-electron chi connectivity index (χ3n) is 16.2. The van der Waals surface area contributed by atoms with Crippen LogP contribution in [-0.2, 0) is 35.4 Å². The number of aromatic nitrogens is 1. The van der Waals surface area contributed by atoms with Crippen molar-refractivity contribution in [2.24, 2.45) is 0 Å². The van der Waals surface area contributed by atoms with E-state index in [0.29, 0.717) is 12.0 Å². The largest absolute Gasteiger partial charge is 0.480 e. The highest BCUT2D eigenvalue weighted by Crippen LogP contribution is 2.54. The van der Waals surface area contributed by atoms with Crippen LogP contribution < -0.4 is 19.7 Å². The predicted octanol–water partition coefficient (Wildman–Crippen LogP) is 17.5. The van der Waals surface area contributed by atoms with E-state index in [1.54, 1.807) is 23.5 Å². The van der Waals surface area contributed by atoms with Crippen LogP contribution in [0.1, 0.15) is 167 Å². The fraction of sp³-hybridized carbons (Fsp3) is 0.343. The van der Waals surface area contributed by atoms with Gasteiger partial charge in [0, 0.05) is 52.6 Å². The highest BCUT2D eigenvalue weighted by Gasteiger charge is 2.42. The van der Waals surface area contributed by atoms with Crippen LogP contribution in [0.4, 0.5) is 11.4 Å². The number of anilines is 2. The summed E-state index contributed by atoms with van der Waals surface area (Å²) in [6.07, 6.45) is 24.1. The molecule has 82 heavy (non-hydrogen) atoms. The molecule has 1 saturated carbocycles. The number of unbranched alkanes of at least 4 members (excludes halogenated alkanes) is 9. The van der Waals surface area contributed by atoms with E-state index < -0.39 is 29.6 Å². The van der Waals surface area contributed by atoms with Crippen LogP contribution in [0.25, 0.3) is 53.2 Å². The minimum atomic E-state index is -1.50. The van der Waals surface area contributed by atoms with Gasteiger partial charge in [-0.1, -0.05) is 164 Å². The standard InChI is InChI=1S/C70H73N3O5S4/c1-4-7-10-15-27-49-40-62(79-61(49)43-64-68(76)72(45-65(74)75)69(82-64)57(44-71)70(77)78)66-52(29-17-12-9-6-3)42-63(81-66)67-51(28-16-11-8-5-2)41-60(80-67)50-34-37-59-56(39-50)54-30-22-31-58(54)73(59)53-35-32-46(33-36-53)38-55(47-23-18-13-19-24-47)48-25-20-14-21-26-48/h13-14,18-21,23-26,32-43,54,58H,4-12,15-17,22,27-31,45H2,1-3H3,(H,74,75)(H,77,78). The highest BCUT2D eigenvalue weighted by molar-refractivity contribution is 7.27. The van der Waals surface area contributed by atoms with E-state index in [9.17, 15) is 29.9 Å². The number of aryl methyl sites for hydroxylation is 3. The van der Waals surface area contributed by atoms with Crippen molar-refractivity contribution < 1.29 is 19.8 Å². The van der Waals surface area contributed by atoms with Crippen molar-refractivity contribution in [2.75, 3.05) is 4.90 Å². The van der Waals surface area contributed by atoms with Gasteiger partial charge in [-0.2, -0.15) is 5.26 Å². The zero-order chi connectivity index (χ0) is 57.1. The molecule has 2 atom stereocenters. The van der Waals surface area contributed by atoms with E-state index in [1.165, 1.54) is 120 Å². The zero-order valence-corrected chi connectivity index (χ0v) is 50.7. The van der Waals surface area contributed by atoms with Crippen LogP contribution in [0.3, 0.4) is 0 Å². The lowest BCUT2D eigenvalue weighted by Gasteiger charge is -2.27. The van der Waals surface area contributed by atoms with Gasteiger partial charge in [0.25, 0.3) is 5.56 Å². The molecule has 422 valence electrons. The lowest BCUT2D eigenvalue weighted by atomic mass is 9.95. The van der Waals surface area contributed by atoms with E-state index in [1.807, 2.05) is 22.7 Å². The Morgan fingerprint density at radius 2 is 1.22 bits per heavy atom. The molecule has 0 spiro atoms. The Labute approximate surface area is 498 Å². The summed E-state index contributed by atoms with van der Waals surface area (Å²) < 4.78 is 0.956. The molecule has 8 aromatic rings. The molecule has 2 aliphatic rings. The van der Waals surface area contributed by atoms with Crippen LogP contribution in [-0.4, -0.2) is 32.8 Å². The Morgan fingerprint density at radius 3 is 1.80 bits per heavy atom. The first-order valence-electron chi connectivity index (χ1n) is 29.6. The summed E-state index contributed by atoms with van der Waals surface area (Å²) in [6.45, 7) is 5.98. The smallest absolute Gasteiger partial charge is 0.349 e. The fourth-order valence-electron chi connectivity index (χ4n) is 12.1. The summed E-state index contributed by atoms with van der Waals surface area (Å²) in [5.74, 6) is -2.31. The Hall–Kier alpha value is -6.88. The lowest BCUT2D eigenvalue weighted by molar-refractivity contribution is -0.138. The van der Waals surface area contributed by atoms with Crippen LogP contribution >= 0.6 is 45.3 Å². The third kappa shape index (κ3) is 13.1. The normalized spacial score (nSPS) is 15.1. The molecular formula is C70H73N3O5S4. The van der Waals surface area contributed by atoms with Crippen molar-refractivity contribution in [1.82, 2.24) is 4.57 Å². The van der Waals surface area contributed by atoms with Crippen molar-refractivity contribution in [2.45, 2.75) is 155 Å². The van der Waals surface area contributed by atoms with E-state index in [2.05, 4.69) is 153 Å². The van der Waals surface area contributed by atoms with Gasteiger partial charge in [0.05, 0.1) is 4.53 Å². The molecule has 0 bridgehead atoms. The SMILES string of the molecule is CCCCCCc1cc(-c2sc(-c3sc(-c4ccc5c(c4)C4CCCC4N5c4ccc(C=C(c5ccccc5)c5ccccc5)cc4)cc3CCCCCC)cc2CCCCCC)sc1C=c1sc(=C(C#N)C(=O)O)n(CC(=O)O)c1=O. The lowest BCUT2D eigenvalue weighted by Crippen LogP contribution is -2.35. The molecule has 8 nitrogen and oxygen atoms in total. The number of hydrogen-bond acceptors (Lipinski definition) is 9. The van der Waals surface area contributed by atoms with Crippen molar-refractivity contribution in [3.05, 3.63) is 185 Å². The van der Waals surface area contributed by atoms with Crippen molar-refractivity contribution in [3.63, 3.8) is 0 Å². The summed E-state index contributed by atoms with van der Waals surface area (Å²) in [5.41, 5.74) is 12.7. The van der Waals surface area contributed by atoms with Gasteiger partial charge in [0.1, 0.15) is 17.3 Å². The van der Waals surface area contributed by atoms with Gasteiger partial charge in [-0.15, -0.1) is 45.3 Å². The maximum absolute atomic E-state index is 13.9. The van der Waals surface area contributed by atoms with Crippen molar-refractivity contribution in [1.29, 1.82) is 5.26 Å². The predicted molar refractivity (Wildman–Crippen MR) is 344 cm³/mol. The molecule has 1 aliphatic heterocycles. The first-order chi connectivity index (χ1) is 40.1. The molecule has 4 aromatic carbocycles. The molecule has 0 saturated heterocycles. The Balaban J connectivity index is 1.02. The Bertz CT molecular complexity index is 3750. The van der Waals surface area contributed by atoms with Crippen LogP contribution in [0.2, 0.25) is 0 Å². The van der Waals surface area contributed by atoms with Gasteiger partial charge in [-0.25, -0.2) is 4.79 Å². The topological polar surface area (TPSA) is 124 Å². The van der Waals surface area contributed by atoms with Gasteiger partial charge in [-0.05, 0) is 156 Å². The third-order valence-corrected chi connectivity index (χ3v) is 21.3. The van der Waals surface area contributed by atoms with Crippen LogP contribution in [0.15, 0.2) is 126 Å². The van der Waals surface area contributed by atoms with Gasteiger partial charge in [0.2, 0.25) is 0 Å². The summed E-state index contributed by atoms with van der Waals surface area (Å²) in [7, 11) is 0. The average molecular weight is 1160 g/mol. The molecule has 2 unspecified atom stereocenters. The molecule has 5 heterocycles. The molecule has 1 fully saturated rings. The number of hydrogen-bond donors (Lipinski definition) is 2. The fourth-order valence-corrected chi connectivity index (χ4v) is 17.1. The van der Waals surface area contributed by atoms with E-state index in [4.69, 9.17) is 0 Å². The van der Waals surface area contributed by atoms with Gasteiger partial charge in [-0.3, -0.25) is 14.2 Å². The van der Waals surface area contributed by atoms with Crippen LogP contribution in [0.5, 0.6) is 0 Å². The molecule has 2 N–H and O–H groups in total. The Kier molecular flexibility index (Phi) is 19.5. The molecule has 12 heteroatoms. The highest BCUT2D eigenvalue weighted by atomic mass is 32.1. The number of fused-ring (bicyclic) bond motifs is 3. The van der Waals surface area contributed by atoms with Gasteiger partial charge in [0.15, 0.2) is 5.57 Å². The second kappa shape index (κ2) is 27.5. The minimum absolute atomic E-state index is 0.162. The summed E-state index contributed by atoms with van der Waals surface area (Å²) in [5, 5.41) is 29.4. The van der Waals surface area contributed by atoms with Gasteiger partial charge < -0.3 is 15.1 Å².